The van der Waals surface area contributed by atoms with Crippen LogP contribution in [0, 0.1) is 29.6 Å². The van der Waals surface area contributed by atoms with Gasteiger partial charge >= 0.3 is 12.2 Å². The van der Waals surface area contributed by atoms with Crippen molar-refractivity contribution in [2.45, 2.75) is 148 Å². The van der Waals surface area contributed by atoms with E-state index in [1.54, 1.807) is 0 Å². The van der Waals surface area contributed by atoms with Crippen molar-refractivity contribution >= 4 is 45.8 Å². The number of carbonyl (C=O) groups excluding carboxylic acids is 4. The third-order valence-corrected chi connectivity index (χ3v) is 17.0. The largest absolute Gasteiger partial charge is 0.488 e. The maximum absolute atomic E-state index is 14.8. The zero-order chi connectivity index (χ0) is 49.7. The summed E-state index contributed by atoms with van der Waals surface area (Å²) in [6, 6.07) is 12.5. The van der Waals surface area contributed by atoms with Gasteiger partial charge in [-0.2, -0.15) is 0 Å². The van der Waals surface area contributed by atoms with Gasteiger partial charge in [-0.3, -0.25) is 9.59 Å². The molecule has 6 aliphatic heterocycles. The smallest absolute Gasteiger partial charge is 0.407 e. The van der Waals surface area contributed by atoms with Gasteiger partial charge in [0.05, 0.1) is 73.6 Å². The topological polar surface area (TPSA) is 202 Å². The summed E-state index contributed by atoms with van der Waals surface area (Å²) in [4.78, 5) is 75.8. The Bertz CT molecular complexity index is 2910. The second-order valence-electron chi connectivity index (χ2n) is 21.5. The van der Waals surface area contributed by atoms with E-state index >= 15 is 0 Å². The minimum absolute atomic E-state index is 0.0252. The molecule has 14 atom stereocenters. The number of fused-ring (bicyclic) bond motifs is 9. The molecule has 17 heteroatoms. The molecule has 2 aromatic heterocycles. The predicted octanol–water partition coefficient (Wildman–Crippen LogP) is 8.34. The second kappa shape index (κ2) is 18.1. The van der Waals surface area contributed by atoms with E-state index in [0.29, 0.717) is 37.5 Å². The van der Waals surface area contributed by atoms with Gasteiger partial charge in [-0.15, -0.1) is 0 Å². The number of H-pyrrole nitrogens is 2. The van der Waals surface area contributed by atoms with E-state index in [1.807, 2.05) is 42.8 Å². The fourth-order valence-electron chi connectivity index (χ4n) is 13.7. The van der Waals surface area contributed by atoms with E-state index in [-0.39, 0.29) is 90.0 Å². The molecule has 2 unspecified atom stereocenters. The van der Waals surface area contributed by atoms with Crippen LogP contribution in [-0.4, -0.2) is 117 Å². The summed E-state index contributed by atoms with van der Waals surface area (Å²) in [5.41, 5.74) is 6.56. The molecular formula is C54H66N8O9. The van der Waals surface area contributed by atoms with Gasteiger partial charge < -0.3 is 54.1 Å². The van der Waals surface area contributed by atoms with Crippen molar-refractivity contribution < 1.29 is 42.9 Å². The Morgan fingerprint density at radius 3 is 2.31 bits per heavy atom. The number of aromatic nitrogens is 4. The van der Waals surface area contributed by atoms with Gasteiger partial charge in [-0.25, -0.2) is 19.6 Å². The van der Waals surface area contributed by atoms with Crippen molar-refractivity contribution in [1.29, 1.82) is 0 Å². The number of likely N-dealkylation sites (tertiary alicyclic amines) is 1. The number of rotatable bonds is 7. The average Bonchev–Trinajstić information content (AvgIpc) is 4.15. The van der Waals surface area contributed by atoms with Crippen molar-refractivity contribution in [3.8, 4) is 28.1 Å². The number of imidazole rings is 2. The summed E-state index contributed by atoms with van der Waals surface area (Å²) in [5.74, 6) is 2.20. The zero-order valence-corrected chi connectivity index (χ0v) is 42.0. The Morgan fingerprint density at radius 2 is 1.55 bits per heavy atom. The highest BCUT2D eigenvalue weighted by Crippen LogP contribution is 2.52. The lowest BCUT2D eigenvalue weighted by Gasteiger charge is -2.53. The number of alkyl carbamates (subject to hydrolysis) is 2. The Kier molecular flexibility index (Phi) is 12.0. The lowest BCUT2D eigenvalue weighted by atomic mass is 9.68. The number of methoxy groups -OCH3 is 2. The van der Waals surface area contributed by atoms with E-state index in [2.05, 4.69) is 84.7 Å². The Balaban J connectivity index is 0.858. The molecule has 3 aromatic carbocycles. The van der Waals surface area contributed by atoms with Crippen LogP contribution < -0.4 is 15.4 Å². The molecule has 17 nitrogen and oxygen atoms in total. The summed E-state index contributed by atoms with van der Waals surface area (Å²) in [7, 11) is 2.64. The van der Waals surface area contributed by atoms with Crippen molar-refractivity contribution in [3.63, 3.8) is 0 Å². The third kappa shape index (κ3) is 8.07. The number of carbonyl (C=O) groups is 4. The highest BCUT2D eigenvalue weighted by Gasteiger charge is 2.60. The Morgan fingerprint density at radius 1 is 0.803 bits per heavy atom. The zero-order valence-electron chi connectivity index (χ0n) is 42.0. The van der Waals surface area contributed by atoms with Crippen LogP contribution >= 0.6 is 0 Å². The van der Waals surface area contributed by atoms with Crippen molar-refractivity contribution in [2.75, 3.05) is 14.2 Å². The van der Waals surface area contributed by atoms with E-state index < -0.39 is 24.3 Å². The molecule has 376 valence electrons. The van der Waals surface area contributed by atoms with E-state index in [4.69, 9.17) is 33.7 Å². The standard InChI is InChI=1S/C54H66N8O9/c1-24-14-42(61(29(24)6)51(63)45(59-53(65)67-8)33-16-26(3)70-27(4)17-33)50-56-39-13-11-31-20-37-35-12-10-32(19-34(35)23-69-43(37)21-36(31)46(39)58-50)40-22-55-49(57-40)41-15-25(2)48-44-30(7)71-28(5)18-38(44)47(52(64)62(41)48)60-54(66)68-9/h10-13,19-22,24-30,33,38,41-42,44-45,47-48H,14-18,23H2,1-9H3,(H,55,57)(H,56,58)(H,59,65)(H,60,66)/t24-,25+,26-,27-,28-,29-,30-,38?,41+,42-,44?,45+,47+,48-/m1/s1. The Hall–Kier alpha value is -6.20. The SMILES string of the molecule is COC(=O)N[C@H](C(=O)N1[C@@H](c2nc3c(ccc4cc5c(cc43)OCc3cc(-c4cnc([C@@H]6C[C@H](C)[C@@H]7C8C(C[C@@H](C)O[C@@H]8C)[C@H](NC(=O)OC)C(=O)N67)[nH]4)ccc3-5)[nH]2)C[C@@H](C)[C@H]1C)C1C[C@@H](C)O[C@H](C)C1. The lowest BCUT2D eigenvalue weighted by Crippen LogP contribution is -2.67. The van der Waals surface area contributed by atoms with Crippen LogP contribution in [0.15, 0.2) is 48.7 Å². The molecule has 11 rings (SSSR count). The summed E-state index contributed by atoms with van der Waals surface area (Å²) in [6.45, 7) is 15.0. The van der Waals surface area contributed by atoms with Crippen LogP contribution in [0.2, 0.25) is 0 Å². The first-order valence-corrected chi connectivity index (χ1v) is 25.5. The molecule has 5 aromatic rings. The van der Waals surface area contributed by atoms with Gasteiger partial charge in [0.1, 0.15) is 36.1 Å². The molecule has 0 radical (unpaired) electrons. The number of nitrogens with one attached hydrogen (secondary N) is 4. The molecule has 4 N–H and O–H groups in total. The summed E-state index contributed by atoms with van der Waals surface area (Å²) in [6.07, 6.45) is 3.83. The predicted molar refractivity (Wildman–Crippen MR) is 264 cm³/mol. The minimum atomic E-state index is -0.770. The van der Waals surface area contributed by atoms with Gasteiger partial charge in [0.25, 0.3) is 0 Å². The normalized spacial score (nSPS) is 32.6. The van der Waals surface area contributed by atoms with Crippen LogP contribution in [-0.2, 0) is 35.1 Å². The third-order valence-electron chi connectivity index (χ3n) is 17.0. The Labute approximate surface area is 413 Å². The van der Waals surface area contributed by atoms with E-state index in [9.17, 15) is 19.2 Å². The average molecular weight is 971 g/mol. The highest BCUT2D eigenvalue weighted by atomic mass is 16.5. The van der Waals surface area contributed by atoms with Crippen LogP contribution in [0.3, 0.4) is 0 Å². The number of ether oxygens (including phenoxy) is 5. The highest BCUT2D eigenvalue weighted by molar-refractivity contribution is 6.07. The number of piperidine rings is 1. The number of nitrogens with zero attached hydrogens (tertiary/aromatic N) is 4. The van der Waals surface area contributed by atoms with Gasteiger partial charge in [0, 0.05) is 29.0 Å². The molecule has 4 amide bonds. The monoisotopic (exact) mass is 970 g/mol. The first-order valence-electron chi connectivity index (χ1n) is 25.5. The van der Waals surface area contributed by atoms with Crippen molar-refractivity contribution in [3.05, 3.63) is 65.9 Å². The van der Waals surface area contributed by atoms with Crippen molar-refractivity contribution in [1.82, 2.24) is 40.4 Å². The van der Waals surface area contributed by atoms with Gasteiger partial charge in [-0.05, 0) is 137 Å². The molecule has 0 bridgehead atoms. The van der Waals surface area contributed by atoms with Gasteiger partial charge in [0.15, 0.2) is 0 Å². The summed E-state index contributed by atoms with van der Waals surface area (Å²) < 4.78 is 28.9. The molecule has 5 fully saturated rings. The maximum Gasteiger partial charge on any atom is 0.407 e. The van der Waals surface area contributed by atoms with Crippen molar-refractivity contribution in [2.24, 2.45) is 29.6 Å². The number of hydrogen-bond donors (Lipinski definition) is 4. The summed E-state index contributed by atoms with van der Waals surface area (Å²) >= 11 is 0. The van der Waals surface area contributed by atoms with Crippen LogP contribution in [0.4, 0.5) is 9.59 Å². The number of hydrogen-bond acceptors (Lipinski definition) is 11. The van der Waals surface area contributed by atoms with Gasteiger partial charge in [-0.1, -0.05) is 32.0 Å². The molecule has 8 heterocycles. The van der Waals surface area contributed by atoms with E-state index in [0.717, 1.165) is 68.3 Å². The number of amides is 4. The molecule has 0 saturated carbocycles. The van der Waals surface area contributed by atoms with Crippen LogP contribution in [0.1, 0.15) is 110 Å². The maximum atomic E-state index is 14.8. The first-order chi connectivity index (χ1) is 34.1. The molecule has 71 heavy (non-hydrogen) atoms. The van der Waals surface area contributed by atoms with Crippen LogP contribution in [0.5, 0.6) is 5.75 Å². The van der Waals surface area contributed by atoms with Crippen LogP contribution in [0.25, 0.3) is 44.2 Å². The second-order valence-corrected chi connectivity index (χ2v) is 21.5. The summed E-state index contributed by atoms with van der Waals surface area (Å²) in [5, 5.41) is 7.77. The minimum Gasteiger partial charge on any atom is -0.488 e. The first kappa shape index (κ1) is 47.1. The quantitative estimate of drug-likeness (QED) is 0.122. The lowest BCUT2D eigenvalue weighted by molar-refractivity contribution is -0.170. The molecular weight excluding hydrogens is 905 g/mol. The fourth-order valence-corrected chi connectivity index (χ4v) is 13.7. The molecule has 0 spiro atoms. The molecule has 5 saturated heterocycles. The molecule has 6 aliphatic rings. The van der Waals surface area contributed by atoms with E-state index in [1.165, 1.54) is 14.2 Å². The number of benzene rings is 3. The number of aromatic amines is 2. The van der Waals surface area contributed by atoms with Gasteiger partial charge in [0.2, 0.25) is 11.8 Å². The fraction of sp³-hybridized carbons (Fsp3) is 0.556. The molecule has 0 aliphatic carbocycles.